The van der Waals surface area contributed by atoms with Gasteiger partial charge in [0.1, 0.15) is 5.75 Å². The molecule has 0 saturated carbocycles. The summed E-state index contributed by atoms with van der Waals surface area (Å²) in [5.74, 6) is 0.578. The molecule has 1 aliphatic rings. The molecule has 1 aliphatic heterocycles. The molecule has 10 heteroatoms. The number of halogens is 3. The van der Waals surface area contributed by atoms with Crippen molar-refractivity contribution in [2.24, 2.45) is 4.99 Å². The number of benzene rings is 4. The first-order valence-corrected chi connectivity index (χ1v) is 15.7. The quantitative estimate of drug-likeness (QED) is 0.108. The standard InChI is InChI=1S/C34H32BrCl2N3O4/c1-22-4-2-5-24(18-22)21-38-40-33(42)34(20-23-6-10-26(35)11-7-23)31(29-15-12-27(36)19-30(29)37)44-32(39-34)25-8-13-28(14-9-25)43-17-3-16-41/h2,4-15,18-19,31,38,41H,3,16-17,20-21H2,1H3,(H,40,42)/t31-,34-/m0/s1. The second-order valence-corrected chi connectivity index (χ2v) is 12.3. The zero-order chi connectivity index (χ0) is 31.1. The summed E-state index contributed by atoms with van der Waals surface area (Å²) in [6, 6.07) is 28.2. The van der Waals surface area contributed by atoms with E-state index in [2.05, 4.69) is 32.8 Å². The Morgan fingerprint density at radius 2 is 1.80 bits per heavy atom. The van der Waals surface area contributed by atoms with Crippen molar-refractivity contribution in [1.29, 1.82) is 0 Å². The summed E-state index contributed by atoms with van der Waals surface area (Å²) < 4.78 is 13.2. The number of carbonyl (C=O) groups is 1. The summed E-state index contributed by atoms with van der Waals surface area (Å²) in [5.41, 5.74) is 8.87. The molecule has 7 nitrogen and oxygen atoms in total. The van der Waals surface area contributed by atoms with Crippen molar-refractivity contribution >= 4 is 50.9 Å². The molecule has 4 aromatic rings. The number of hydrogen-bond donors (Lipinski definition) is 3. The molecule has 5 rings (SSSR count). The summed E-state index contributed by atoms with van der Waals surface area (Å²) in [4.78, 5) is 19.4. The van der Waals surface area contributed by atoms with Crippen molar-refractivity contribution in [2.45, 2.75) is 38.0 Å². The van der Waals surface area contributed by atoms with Crippen LogP contribution in [0.2, 0.25) is 10.0 Å². The summed E-state index contributed by atoms with van der Waals surface area (Å²) >= 11 is 16.5. The van der Waals surface area contributed by atoms with Crippen LogP contribution in [0.1, 0.15) is 40.3 Å². The minimum Gasteiger partial charge on any atom is -0.494 e. The molecule has 2 atom stereocenters. The molecule has 0 unspecified atom stereocenters. The number of aliphatic hydroxyl groups excluding tert-OH is 1. The molecule has 3 N–H and O–H groups in total. The molecular weight excluding hydrogens is 665 g/mol. The van der Waals surface area contributed by atoms with Gasteiger partial charge in [0.15, 0.2) is 11.6 Å². The lowest BCUT2D eigenvalue weighted by Crippen LogP contribution is -2.53. The van der Waals surface area contributed by atoms with Crippen LogP contribution in [0.5, 0.6) is 5.75 Å². The molecule has 44 heavy (non-hydrogen) atoms. The van der Waals surface area contributed by atoms with E-state index >= 15 is 0 Å². The van der Waals surface area contributed by atoms with Crippen LogP contribution in [0.3, 0.4) is 0 Å². The van der Waals surface area contributed by atoms with E-state index in [-0.39, 0.29) is 18.9 Å². The number of carbonyl (C=O) groups excluding carboxylic acids is 1. The number of ether oxygens (including phenoxy) is 2. The van der Waals surface area contributed by atoms with Gasteiger partial charge in [-0.3, -0.25) is 10.2 Å². The van der Waals surface area contributed by atoms with Gasteiger partial charge in [0.05, 0.1) is 6.61 Å². The number of rotatable bonds is 12. The Bertz CT molecular complexity index is 1630. The van der Waals surface area contributed by atoms with Gasteiger partial charge in [0.2, 0.25) is 5.90 Å². The van der Waals surface area contributed by atoms with Crippen LogP contribution in [-0.4, -0.2) is 35.7 Å². The van der Waals surface area contributed by atoms with Crippen LogP contribution in [0, 0.1) is 6.92 Å². The molecule has 0 spiro atoms. The van der Waals surface area contributed by atoms with Gasteiger partial charge in [-0.2, -0.15) is 0 Å². The van der Waals surface area contributed by atoms with Gasteiger partial charge in [-0.1, -0.05) is 87.2 Å². The molecule has 0 fully saturated rings. The highest BCUT2D eigenvalue weighted by molar-refractivity contribution is 9.10. The maximum Gasteiger partial charge on any atom is 0.266 e. The summed E-state index contributed by atoms with van der Waals surface area (Å²) in [6.07, 6.45) is -0.104. The van der Waals surface area contributed by atoms with Crippen molar-refractivity contribution in [3.8, 4) is 5.75 Å². The summed E-state index contributed by atoms with van der Waals surface area (Å²) in [5, 5.41) is 9.89. The fraction of sp³-hybridized carbons (Fsp3) is 0.235. The Hall–Kier alpha value is -3.40. The SMILES string of the molecule is Cc1cccc(CNNC(=O)[C@@]2(Cc3ccc(Br)cc3)N=C(c3ccc(OCCCO)cc3)O[C@H]2c2ccc(Cl)cc2Cl)c1. The molecular formula is C34H32BrCl2N3O4. The van der Waals surface area contributed by atoms with Gasteiger partial charge in [0.25, 0.3) is 5.91 Å². The minimum absolute atomic E-state index is 0.0553. The van der Waals surface area contributed by atoms with Crippen molar-refractivity contribution in [3.05, 3.63) is 133 Å². The fourth-order valence-electron chi connectivity index (χ4n) is 5.04. The molecule has 0 bridgehead atoms. The number of nitrogens with one attached hydrogen (secondary N) is 2. The first-order valence-electron chi connectivity index (χ1n) is 14.2. The van der Waals surface area contributed by atoms with E-state index in [0.29, 0.717) is 52.4 Å². The smallest absolute Gasteiger partial charge is 0.266 e. The van der Waals surface area contributed by atoms with Crippen molar-refractivity contribution in [3.63, 3.8) is 0 Å². The second-order valence-electron chi connectivity index (χ2n) is 10.6. The summed E-state index contributed by atoms with van der Waals surface area (Å²) in [7, 11) is 0. The zero-order valence-electron chi connectivity index (χ0n) is 24.0. The van der Waals surface area contributed by atoms with E-state index in [1.807, 2.05) is 61.5 Å². The third kappa shape index (κ3) is 7.62. The van der Waals surface area contributed by atoms with E-state index in [1.54, 1.807) is 30.3 Å². The Balaban J connectivity index is 1.53. The third-order valence-electron chi connectivity index (χ3n) is 7.24. The van der Waals surface area contributed by atoms with Gasteiger partial charge in [-0.05, 0) is 66.6 Å². The number of amides is 1. The van der Waals surface area contributed by atoms with Gasteiger partial charge in [0, 0.05) is 51.6 Å². The second kappa shape index (κ2) is 14.6. The van der Waals surface area contributed by atoms with E-state index < -0.39 is 11.6 Å². The normalized spacial score (nSPS) is 17.6. The number of aryl methyl sites for hydroxylation is 1. The van der Waals surface area contributed by atoms with Crippen LogP contribution < -0.4 is 15.6 Å². The molecule has 228 valence electrons. The zero-order valence-corrected chi connectivity index (χ0v) is 27.1. The van der Waals surface area contributed by atoms with Crippen LogP contribution in [-0.2, 0) is 22.5 Å². The predicted molar refractivity (Wildman–Crippen MR) is 177 cm³/mol. The fourth-order valence-corrected chi connectivity index (χ4v) is 5.82. The third-order valence-corrected chi connectivity index (χ3v) is 8.33. The molecule has 0 aliphatic carbocycles. The number of nitrogens with zero attached hydrogens (tertiary/aromatic N) is 1. The van der Waals surface area contributed by atoms with E-state index in [1.165, 1.54) is 0 Å². The lowest BCUT2D eigenvalue weighted by molar-refractivity contribution is -0.130. The lowest BCUT2D eigenvalue weighted by Gasteiger charge is -2.31. The van der Waals surface area contributed by atoms with Crippen molar-refractivity contribution in [2.75, 3.05) is 13.2 Å². The maximum absolute atomic E-state index is 14.4. The molecule has 0 radical (unpaired) electrons. The van der Waals surface area contributed by atoms with Gasteiger partial charge < -0.3 is 14.6 Å². The lowest BCUT2D eigenvalue weighted by atomic mass is 9.82. The van der Waals surface area contributed by atoms with Crippen LogP contribution in [0.4, 0.5) is 0 Å². The number of hydrazine groups is 1. The molecule has 0 saturated heterocycles. The van der Waals surface area contributed by atoms with Crippen LogP contribution >= 0.6 is 39.1 Å². The Morgan fingerprint density at radius 3 is 2.50 bits per heavy atom. The largest absolute Gasteiger partial charge is 0.494 e. The highest BCUT2D eigenvalue weighted by atomic mass is 79.9. The molecule has 0 aromatic heterocycles. The number of hydrogen-bond acceptors (Lipinski definition) is 6. The first-order chi connectivity index (χ1) is 21.3. The Labute approximate surface area is 275 Å². The van der Waals surface area contributed by atoms with E-state index in [0.717, 1.165) is 21.2 Å². The maximum atomic E-state index is 14.4. The topological polar surface area (TPSA) is 92.2 Å². The van der Waals surface area contributed by atoms with Crippen LogP contribution in [0.15, 0.2) is 100 Å². The monoisotopic (exact) mass is 695 g/mol. The van der Waals surface area contributed by atoms with E-state index in [9.17, 15) is 4.79 Å². The minimum atomic E-state index is -1.43. The van der Waals surface area contributed by atoms with Gasteiger partial charge in [-0.25, -0.2) is 10.4 Å². The highest BCUT2D eigenvalue weighted by Gasteiger charge is 2.54. The molecule has 1 amide bonds. The highest BCUT2D eigenvalue weighted by Crippen LogP contribution is 2.45. The van der Waals surface area contributed by atoms with Gasteiger partial charge in [-0.15, -0.1) is 0 Å². The average molecular weight is 697 g/mol. The van der Waals surface area contributed by atoms with Crippen molar-refractivity contribution < 1.29 is 19.4 Å². The van der Waals surface area contributed by atoms with Gasteiger partial charge >= 0.3 is 0 Å². The van der Waals surface area contributed by atoms with Crippen molar-refractivity contribution in [1.82, 2.24) is 10.9 Å². The molecule has 1 heterocycles. The Morgan fingerprint density at radius 1 is 1.02 bits per heavy atom. The Kier molecular flexibility index (Phi) is 10.6. The molecule has 4 aromatic carbocycles. The first kappa shape index (κ1) is 32.0. The van der Waals surface area contributed by atoms with Crippen LogP contribution in [0.25, 0.3) is 0 Å². The number of aliphatic imine (C=N–C) groups is 1. The number of aliphatic hydroxyl groups is 1. The summed E-state index contributed by atoms with van der Waals surface area (Å²) in [6.45, 7) is 2.90. The predicted octanol–water partition coefficient (Wildman–Crippen LogP) is 7.15. The van der Waals surface area contributed by atoms with E-state index in [4.69, 9.17) is 42.8 Å². The average Bonchev–Trinajstić information content (AvgIpc) is 3.39.